The first-order valence-corrected chi connectivity index (χ1v) is 11.1. The van der Waals surface area contributed by atoms with Crippen LogP contribution in [0.3, 0.4) is 0 Å². The average molecular weight is 450 g/mol. The summed E-state index contributed by atoms with van der Waals surface area (Å²) in [6.45, 7) is 6.23. The van der Waals surface area contributed by atoms with Crippen LogP contribution >= 0.6 is 0 Å². The monoisotopic (exact) mass is 449 g/mol. The van der Waals surface area contributed by atoms with E-state index in [1.807, 2.05) is 60.0 Å². The number of fused-ring (bicyclic) bond motifs is 2. The molecule has 6 aromatic rings. The van der Waals surface area contributed by atoms with Crippen LogP contribution < -0.4 is 0 Å². The van der Waals surface area contributed by atoms with Gasteiger partial charge in [-0.2, -0.15) is 15.3 Å². The predicted octanol–water partition coefficient (Wildman–Crippen LogP) is 4.49. The normalized spacial score (nSPS) is 11.8. The summed E-state index contributed by atoms with van der Waals surface area (Å²) in [5.74, 6) is 0. The average Bonchev–Trinajstić information content (AvgIpc) is 3.57. The fourth-order valence-corrected chi connectivity index (χ4v) is 4.20. The van der Waals surface area contributed by atoms with Crippen molar-refractivity contribution in [2.24, 2.45) is 7.05 Å². The topological polar surface area (TPSA) is 91.6 Å². The first kappa shape index (κ1) is 20.2. The van der Waals surface area contributed by atoms with Crippen molar-refractivity contribution in [3.8, 4) is 33.6 Å². The lowest BCUT2D eigenvalue weighted by molar-refractivity contribution is 0.532. The van der Waals surface area contributed by atoms with Gasteiger partial charge in [0, 0.05) is 59.3 Å². The molecule has 0 spiro atoms. The van der Waals surface area contributed by atoms with Crippen molar-refractivity contribution < 1.29 is 0 Å². The summed E-state index contributed by atoms with van der Waals surface area (Å²) in [4.78, 5) is 13.9. The molecule has 0 aliphatic rings. The molecule has 0 fully saturated rings. The zero-order chi connectivity index (χ0) is 23.4. The van der Waals surface area contributed by atoms with E-state index in [1.165, 1.54) is 0 Å². The third-order valence-electron chi connectivity index (χ3n) is 6.00. The lowest BCUT2D eigenvalue weighted by Gasteiger charge is -2.09. The quantitative estimate of drug-likeness (QED) is 0.394. The van der Waals surface area contributed by atoms with Crippen molar-refractivity contribution in [1.29, 1.82) is 0 Å². The van der Waals surface area contributed by atoms with Crippen LogP contribution in [-0.4, -0.2) is 44.1 Å². The number of aryl methyl sites for hydroxylation is 2. The maximum Gasteiger partial charge on any atom is 0.160 e. The molecule has 0 atom stereocenters. The van der Waals surface area contributed by atoms with Crippen LogP contribution in [-0.2, 0) is 7.05 Å². The molecular weight excluding hydrogens is 426 g/mol. The number of imidazole rings is 1. The van der Waals surface area contributed by atoms with Crippen molar-refractivity contribution >= 4 is 16.7 Å². The van der Waals surface area contributed by atoms with Gasteiger partial charge in [-0.3, -0.25) is 9.36 Å². The van der Waals surface area contributed by atoms with Gasteiger partial charge in [0.25, 0.3) is 0 Å². The van der Waals surface area contributed by atoms with Gasteiger partial charge in [0.15, 0.2) is 11.3 Å². The van der Waals surface area contributed by atoms with E-state index >= 15 is 0 Å². The molecule has 6 aromatic heterocycles. The molecule has 0 unspecified atom stereocenters. The molecule has 0 saturated carbocycles. The Kier molecular flexibility index (Phi) is 4.51. The van der Waals surface area contributed by atoms with E-state index in [1.54, 1.807) is 17.1 Å². The molecule has 9 heteroatoms. The summed E-state index contributed by atoms with van der Waals surface area (Å²) in [7, 11) is 1.89. The first-order valence-electron chi connectivity index (χ1n) is 11.1. The highest BCUT2D eigenvalue weighted by Crippen LogP contribution is 2.31. The Labute approximate surface area is 195 Å². The van der Waals surface area contributed by atoms with E-state index in [2.05, 4.69) is 46.3 Å². The molecule has 0 N–H and O–H groups in total. The standard InChI is InChI=1S/C25H23N9/c1-15(2)33-14-17(10-29-33)21-9-24-27-12-23(34(24)31-16(21)3)19-7-8-26-25-20(19)5-6-22(30-25)18-11-28-32(4)13-18/h5-15H,1-4H3. The Morgan fingerprint density at radius 1 is 0.882 bits per heavy atom. The number of hydrogen-bond acceptors (Lipinski definition) is 6. The van der Waals surface area contributed by atoms with Crippen LogP contribution in [0.5, 0.6) is 0 Å². The fourth-order valence-electron chi connectivity index (χ4n) is 4.20. The largest absolute Gasteiger partial charge is 0.275 e. The molecule has 0 saturated heterocycles. The molecular formula is C25H23N9. The maximum absolute atomic E-state index is 4.88. The summed E-state index contributed by atoms with van der Waals surface area (Å²) >= 11 is 0. The molecule has 6 rings (SSSR count). The Hall–Kier alpha value is -4.40. The second-order valence-corrected chi connectivity index (χ2v) is 8.69. The Bertz CT molecular complexity index is 1670. The van der Waals surface area contributed by atoms with Crippen LogP contribution in [0.15, 0.2) is 61.4 Å². The summed E-state index contributed by atoms with van der Waals surface area (Å²) in [6, 6.07) is 8.39. The lowest BCUT2D eigenvalue weighted by Crippen LogP contribution is -2.01. The zero-order valence-electron chi connectivity index (χ0n) is 19.4. The summed E-state index contributed by atoms with van der Waals surface area (Å²) in [5.41, 5.74) is 8.08. The lowest BCUT2D eigenvalue weighted by atomic mass is 10.1. The highest BCUT2D eigenvalue weighted by atomic mass is 15.3. The molecule has 0 radical (unpaired) electrons. The number of hydrogen-bond donors (Lipinski definition) is 0. The van der Waals surface area contributed by atoms with Gasteiger partial charge in [-0.1, -0.05) is 0 Å². The molecule has 9 nitrogen and oxygen atoms in total. The Balaban J connectivity index is 1.46. The van der Waals surface area contributed by atoms with Gasteiger partial charge in [0.2, 0.25) is 0 Å². The van der Waals surface area contributed by atoms with E-state index in [0.717, 1.165) is 50.4 Å². The molecule has 0 aliphatic heterocycles. The first-order chi connectivity index (χ1) is 16.5. The van der Waals surface area contributed by atoms with E-state index < -0.39 is 0 Å². The van der Waals surface area contributed by atoms with Gasteiger partial charge in [-0.05, 0) is 45.0 Å². The third kappa shape index (κ3) is 3.24. The van der Waals surface area contributed by atoms with E-state index in [0.29, 0.717) is 11.7 Å². The van der Waals surface area contributed by atoms with Gasteiger partial charge < -0.3 is 0 Å². The summed E-state index contributed by atoms with van der Waals surface area (Å²) < 4.78 is 5.60. The van der Waals surface area contributed by atoms with Crippen molar-refractivity contribution in [3.63, 3.8) is 0 Å². The van der Waals surface area contributed by atoms with E-state index in [4.69, 9.17) is 10.1 Å². The van der Waals surface area contributed by atoms with Crippen LogP contribution in [0.1, 0.15) is 25.6 Å². The molecule has 0 bridgehead atoms. The summed E-state index contributed by atoms with van der Waals surface area (Å²) in [5, 5.41) is 14.5. The Morgan fingerprint density at radius 2 is 1.74 bits per heavy atom. The molecule has 168 valence electrons. The van der Waals surface area contributed by atoms with Crippen molar-refractivity contribution in [2.75, 3.05) is 0 Å². The SMILES string of the molecule is Cc1nn2c(-c3ccnc4nc(-c5cnn(C)c5)ccc34)cnc2cc1-c1cnn(C(C)C)c1. The molecule has 34 heavy (non-hydrogen) atoms. The molecule has 0 aromatic carbocycles. The summed E-state index contributed by atoms with van der Waals surface area (Å²) in [6.07, 6.45) is 11.3. The Morgan fingerprint density at radius 3 is 2.50 bits per heavy atom. The van der Waals surface area contributed by atoms with E-state index in [9.17, 15) is 0 Å². The maximum atomic E-state index is 4.88. The fraction of sp³-hybridized carbons (Fsp3) is 0.200. The zero-order valence-corrected chi connectivity index (χ0v) is 19.4. The van der Waals surface area contributed by atoms with Gasteiger partial charge in [0.05, 0.1) is 35.7 Å². The van der Waals surface area contributed by atoms with Crippen molar-refractivity contribution in [1.82, 2.24) is 44.1 Å². The van der Waals surface area contributed by atoms with Crippen LogP contribution in [0, 0.1) is 6.92 Å². The molecule has 0 aliphatic carbocycles. The van der Waals surface area contributed by atoms with Gasteiger partial charge in [-0.15, -0.1) is 0 Å². The number of aromatic nitrogens is 9. The van der Waals surface area contributed by atoms with Gasteiger partial charge in [0.1, 0.15) is 0 Å². The smallest absolute Gasteiger partial charge is 0.160 e. The minimum Gasteiger partial charge on any atom is -0.275 e. The molecule has 6 heterocycles. The number of rotatable bonds is 4. The highest BCUT2D eigenvalue weighted by molar-refractivity contribution is 5.93. The predicted molar refractivity (Wildman–Crippen MR) is 130 cm³/mol. The van der Waals surface area contributed by atoms with Crippen molar-refractivity contribution in [3.05, 3.63) is 67.1 Å². The van der Waals surface area contributed by atoms with Crippen LogP contribution in [0.25, 0.3) is 50.3 Å². The number of nitrogens with zero attached hydrogens (tertiary/aromatic N) is 9. The van der Waals surface area contributed by atoms with Gasteiger partial charge in [-0.25, -0.2) is 19.5 Å². The second kappa shape index (κ2) is 7.58. The second-order valence-electron chi connectivity index (χ2n) is 8.69. The third-order valence-corrected chi connectivity index (χ3v) is 6.00. The van der Waals surface area contributed by atoms with Crippen LogP contribution in [0.4, 0.5) is 0 Å². The van der Waals surface area contributed by atoms with Crippen molar-refractivity contribution in [2.45, 2.75) is 26.8 Å². The molecule has 0 amide bonds. The van der Waals surface area contributed by atoms with E-state index in [-0.39, 0.29) is 0 Å². The minimum atomic E-state index is 0.302. The van der Waals surface area contributed by atoms with Crippen LogP contribution in [0.2, 0.25) is 0 Å². The number of pyridine rings is 2. The van der Waals surface area contributed by atoms with Gasteiger partial charge >= 0.3 is 0 Å². The minimum absolute atomic E-state index is 0.302. The highest BCUT2D eigenvalue weighted by Gasteiger charge is 2.16.